The molecule has 2 aromatic heterocycles. The van der Waals surface area contributed by atoms with Crippen molar-refractivity contribution >= 4 is 5.91 Å². The van der Waals surface area contributed by atoms with E-state index in [0.717, 1.165) is 38.4 Å². The molecule has 1 atom stereocenters. The molecule has 0 spiro atoms. The molecule has 0 bridgehead atoms. The van der Waals surface area contributed by atoms with Crippen molar-refractivity contribution in [2.24, 2.45) is 13.0 Å². The monoisotopic (exact) mass is 317 g/mol. The van der Waals surface area contributed by atoms with Crippen molar-refractivity contribution in [2.45, 2.75) is 32.4 Å². The van der Waals surface area contributed by atoms with Gasteiger partial charge in [-0.05, 0) is 25.7 Å². The van der Waals surface area contributed by atoms with Crippen LogP contribution in [-0.4, -0.2) is 38.5 Å². The Morgan fingerprint density at radius 1 is 1.48 bits per heavy atom. The number of nitrogens with zero attached hydrogens (tertiary/aromatic N) is 4. The molecule has 1 aliphatic rings. The van der Waals surface area contributed by atoms with E-state index in [-0.39, 0.29) is 11.9 Å². The average Bonchev–Trinajstić information content (AvgIpc) is 3.21. The van der Waals surface area contributed by atoms with E-state index >= 15 is 0 Å². The highest BCUT2D eigenvalue weighted by Gasteiger charge is 2.30. The summed E-state index contributed by atoms with van der Waals surface area (Å²) in [6.07, 6.45) is 8.91. The summed E-state index contributed by atoms with van der Waals surface area (Å²) < 4.78 is 9.18. The van der Waals surface area contributed by atoms with Crippen molar-refractivity contribution in [3.63, 3.8) is 0 Å². The smallest absolute Gasteiger partial charge is 0.255 e. The van der Waals surface area contributed by atoms with Gasteiger partial charge in [0.05, 0.1) is 17.8 Å². The largest absolute Gasteiger partial charge is 0.381 e. The molecule has 1 N–H and O–H groups in total. The van der Waals surface area contributed by atoms with Gasteiger partial charge in [0.25, 0.3) is 5.91 Å². The lowest BCUT2D eigenvalue weighted by Crippen LogP contribution is -2.37. The van der Waals surface area contributed by atoms with Crippen LogP contribution in [0.5, 0.6) is 0 Å². The number of aryl methyl sites for hydroxylation is 2. The van der Waals surface area contributed by atoms with Crippen LogP contribution in [0.4, 0.5) is 0 Å². The van der Waals surface area contributed by atoms with Gasteiger partial charge >= 0.3 is 0 Å². The fraction of sp³-hybridized carbons (Fsp3) is 0.562. The van der Waals surface area contributed by atoms with Crippen LogP contribution in [0.3, 0.4) is 0 Å². The molecule has 0 radical (unpaired) electrons. The van der Waals surface area contributed by atoms with Crippen LogP contribution >= 0.6 is 0 Å². The minimum atomic E-state index is -0.111. The van der Waals surface area contributed by atoms with E-state index in [1.807, 2.05) is 6.20 Å². The lowest BCUT2D eigenvalue weighted by Gasteiger charge is -2.30. The van der Waals surface area contributed by atoms with E-state index in [4.69, 9.17) is 4.74 Å². The van der Waals surface area contributed by atoms with Gasteiger partial charge in [0.1, 0.15) is 5.82 Å². The first kappa shape index (κ1) is 15.7. The zero-order valence-corrected chi connectivity index (χ0v) is 13.6. The van der Waals surface area contributed by atoms with Crippen molar-refractivity contribution in [1.29, 1.82) is 0 Å². The minimum absolute atomic E-state index is 0.110. The lowest BCUT2D eigenvalue weighted by molar-refractivity contribution is 0.0498. The number of carbonyl (C=O) groups excluding carboxylic acids is 1. The Balaban J connectivity index is 1.84. The van der Waals surface area contributed by atoms with E-state index in [0.29, 0.717) is 11.5 Å². The van der Waals surface area contributed by atoms with Gasteiger partial charge in [0, 0.05) is 45.4 Å². The predicted octanol–water partition coefficient (Wildman–Crippen LogP) is 1.53. The van der Waals surface area contributed by atoms with E-state index in [1.165, 1.54) is 0 Å². The van der Waals surface area contributed by atoms with Crippen LogP contribution in [0.2, 0.25) is 0 Å². The zero-order valence-electron chi connectivity index (χ0n) is 13.6. The molecule has 3 rings (SSSR count). The van der Waals surface area contributed by atoms with E-state index in [1.54, 1.807) is 30.3 Å². The Kier molecular flexibility index (Phi) is 4.76. The second-order valence-corrected chi connectivity index (χ2v) is 5.88. The number of amides is 1. The van der Waals surface area contributed by atoms with Gasteiger partial charge in [-0.15, -0.1) is 0 Å². The minimum Gasteiger partial charge on any atom is -0.381 e. The first-order valence-electron chi connectivity index (χ1n) is 8.07. The van der Waals surface area contributed by atoms with Crippen molar-refractivity contribution in [3.05, 3.63) is 36.2 Å². The van der Waals surface area contributed by atoms with Crippen LogP contribution < -0.4 is 5.32 Å². The molecule has 124 valence electrons. The van der Waals surface area contributed by atoms with Gasteiger partial charge in [-0.2, -0.15) is 5.10 Å². The number of hydrogen-bond donors (Lipinski definition) is 1. The maximum Gasteiger partial charge on any atom is 0.255 e. The lowest BCUT2D eigenvalue weighted by atomic mass is 9.91. The second kappa shape index (κ2) is 6.95. The molecule has 23 heavy (non-hydrogen) atoms. The maximum absolute atomic E-state index is 12.6. The third kappa shape index (κ3) is 3.44. The van der Waals surface area contributed by atoms with Gasteiger partial charge in [-0.25, -0.2) is 4.98 Å². The molecule has 0 saturated carbocycles. The van der Waals surface area contributed by atoms with Crippen LogP contribution in [0.15, 0.2) is 24.8 Å². The number of nitrogens with one attached hydrogen (secondary N) is 1. The van der Waals surface area contributed by atoms with Gasteiger partial charge in [-0.3, -0.25) is 9.48 Å². The summed E-state index contributed by atoms with van der Waals surface area (Å²) in [7, 11) is 1.80. The van der Waals surface area contributed by atoms with Gasteiger partial charge in [-0.1, -0.05) is 0 Å². The zero-order chi connectivity index (χ0) is 16.2. The molecule has 2 aromatic rings. The van der Waals surface area contributed by atoms with E-state index in [2.05, 4.69) is 26.9 Å². The topological polar surface area (TPSA) is 74.0 Å². The number of imidazole rings is 1. The molecule has 1 fully saturated rings. The predicted molar refractivity (Wildman–Crippen MR) is 84.9 cm³/mol. The van der Waals surface area contributed by atoms with Crippen LogP contribution in [0.25, 0.3) is 0 Å². The Labute approximate surface area is 135 Å². The summed E-state index contributed by atoms with van der Waals surface area (Å²) in [5.41, 5.74) is 0.569. The maximum atomic E-state index is 12.6. The van der Waals surface area contributed by atoms with Crippen LogP contribution in [-0.2, 0) is 18.3 Å². The Bertz CT molecular complexity index is 657. The van der Waals surface area contributed by atoms with E-state index < -0.39 is 0 Å². The number of rotatable bonds is 5. The molecule has 1 saturated heterocycles. The molecule has 0 aliphatic carbocycles. The van der Waals surface area contributed by atoms with Crippen molar-refractivity contribution in [3.8, 4) is 0 Å². The molecule has 7 heteroatoms. The molecule has 7 nitrogen and oxygen atoms in total. The summed E-state index contributed by atoms with van der Waals surface area (Å²) in [4.78, 5) is 17.1. The molecule has 1 amide bonds. The molecular formula is C16H23N5O2. The first-order valence-corrected chi connectivity index (χ1v) is 8.07. The highest BCUT2D eigenvalue weighted by atomic mass is 16.5. The summed E-state index contributed by atoms with van der Waals surface area (Å²) in [5, 5.41) is 7.23. The normalized spacial score (nSPS) is 17.1. The summed E-state index contributed by atoms with van der Waals surface area (Å²) in [5.74, 6) is 1.13. The molecule has 1 aliphatic heterocycles. The molecular weight excluding hydrogens is 294 g/mol. The third-order valence-corrected chi connectivity index (χ3v) is 4.36. The molecule has 0 unspecified atom stereocenters. The van der Waals surface area contributed by atoms with Crippen LogP contribution in [0.1, 0.15) is 42.0 Å². The molecule has 0 aromatic carbocycles. The summed E-state index contributed by atoms with van der Waals surface area (Å²) in [6.45, 7) is 4.38. The second-order valence-electron chi connectivity index (χ2n) is 5.88. The number of aromatic nitrogens is 4. The fourth-order valence-electron chi connectivity index (χ4n) is 3.07. The average molecular weight is 317 g/mol. The number of hydrogen-bond acceptors (Lipinski definition) is 4. The number of ether oxygens (including phenoxy) is 1. The van der Waals surface area contributed by atoms with Crippen molar-refractivity contribution < 1.29 is 9.53 Å². The van der Waals surface area contributed by atoms with Gasteiger partial charge < -0.3 is 14.6 Å². The molecule has 3 heterocycles. The Morgan fingerprint density at radius 2 is 2.26 bits per heavy atom. The summed E-state index contributed by atoms with van der Waals surface area (Å²) >= 11 is 0. The Hall–Kier alpha value is -2.15. The highest BCUT2D eigenvalue weighted by molar-refractivity contribution is 5.93. The van der Waals surface area contributed by atoms with Gasteiger partial charge in [0.15, 0.2) is 0 Å². The van der Waals surface area contributed by atoms with Crippen molar-refractivity contribution in [2.75, 3.05) is 13.2 Å². The third-order valence-electron chi connectivity index (χ3n) is 4.36. The van der Waals surface area contributed by atoms with Crippen molar-refractivity contribution in [1.82, 2.24) is 24.6 Å². The number of carbonyl (C=O) groups is 1. The first-order chi connectivity index (χ1) is 11.2. The fourth-order valence-corrected chi connectivity index (χ4v) is 3.07. The Morgan fingerprint density at radius 3 is 2.91 bits per heavy atom. The van der Waals surface area contributed by atoms with E-state index in [9.17, 15) is 4.79 Å². The standard InChI is InChI=1S/C16H23N5O2/c1-3-21-7-6-17-15(21)14(12-4-8-23-9-5-12)19-16(22)13-10-18-20(2)11-13/h6-7,10-12,14H,3-5,8-9H2,1-2H3,(H,19,22)/t14-/m1/s1. The summed E-state index contributed by atoms with van der Waals surface area (Å²) in [6, 6.07) is -0.110. The SMILES string of the molecule is CCn1ccnc1[C@H](NC(=O)c1cnn(C)c1)C1CCOCC1. The quantitative estimate of drug-likeness (QED) is 0.907. The van der Waals surface area contributed by atoms with Crippen LogP contribution in [0, 0.1) is 5.92 Å². The van der Waals surface area contributed by atoms with Gasteiger partial charge in [0.2, 0.25) is 0 Å². The highest BCUT2D eigenvalue weighted by Crippen LogP contribution is 2.29.